The minimum atomic E-state index is 0.134. The Morgan fingerprint density at radius 3 is 2.29 bits per heavy atom. The fourth-order valence-corrected chi connectivity index (χ4v) is 2.64. The van der Waals surface area contributed by atoms with E-state index in [2.05, 4.69) is 49.3 Å². The molecule has 1 heterocycles. The molecule has 0 bridgehead atoms. The summed E-state index contributed by atoms with van der Waals surface area (Å²) in [6, 6.07) is 16.4. The number of fused-ring (bicyclic) bond motifs is 1. The van der Waals surface area contributed by atoms with Crippen molar-refractivity contribution in [3.05, 3.63) is 59.9 Å². The third-order valence-electron chi connectivity index (χ3n) is 4.11. The van der Waals surface area contributed by atoms with E-state index in [9.17, 15) is 0 Å². The van der Waals surface area contributed by atoms with Gasteiger partial charge in [0.1, 0.15) is 17.4 Å². The normalized spacial score (nSPS) is 12.4. The predicted octanol–water partition coefficient (Wildman–Crippen LogP) is 4.93. The van der Waals surface area contributed by atoms with Crippen LogP contribution in [0.4, 0.5) is 5.82 Å². The average Bonchev–Trinajstić information content (AvgIpc) is 2.61. The summed E-state index contributed by atoms with van der Waals surface area (Å²) in [5, 5.41) is 4.59. The molecule has 2 aromatic carbocycles. The zero-order valence-electron chi connectivity index (χ0n) is 14.6. The number of ether oxygens (including phenoxy) is 1. The number of rotatable bonds is 5. The first-order chi connectivity index (χ1) is 11.6. The van der Waals surface area contributed by atoms with E-state index in [4.69, 9.17) is 9.72 Å². The second kappa shape index (κ2) is 6.87. The molecule has 3 rings (SSSR count). The van der Waals surface area contributed by atoms with Crippen molar-refractivity contribution in [1.29, 1.82) is 0 Å². The highest BCUT2D eigenvalue weighted by molar-refractivity contribution is 5.89. The maximum atomic E-state index is 5.23. The van der Waals surface area contributed by atoms with Crippen LogP contribution in [-0.2, 0) is 0 Å². The van der Waals surface area contributed by atoms with Crippen LogP contribution in [0.5, 0.6) is 5.75 Å². The molecule has 0 aliphatic heterocycles. The molecule has 0 aliphatic carbocycles. The molecular formula is C20H23N3O. The van der Waals surface area contributed by atoms with E-state index >= 15 is 0 Å². The first-order valence-electron chi connectivity index (χ1n) is 8.25. The molecule has 4 heteroatoms. The highest BCUT2D eigenvalue weighted by Crippen LogP contribution is 2.27. The van der Waals surface area contributed by atoms with Gasteiger partial charge in [0, 0.05) is 17.3 Å². The van der Waals surface area contributed by atoms with Crippen LogP contribution in [0.2, 0.25) is 0 Å². The zero-order valence-corrected chi connectivity index (χ0v) is 14.6. The highest BCUT2D eigenvalue weighted by atomic mass is 16.5. The molecule has 0 saturated carbocycles. The molecular weight excluding hydrogens is 298 g/mol. The fraction of sp³-hybridized carbons (Fsp3) is 0.300. The van der Waals surface area contributed by atoms with E-state index in [1.54, 1.807) is 7.11 Å². The minimum absolute atomic E-state index is 0.134. The standard InChI is InChI=1S/C20H23N3O/c1-13(2)19-22-18-8-6-5-7-17(18)20(23-19)21-14(3)15-9-11-16(24-4)12-10-15/h5-14H,1-4H3,(H,21,22,23). The van der Waals surface area contributed by atoms with Crippen molar-refractivity contribution < 1.29 is 4.74 Å². The van der Waals surface area contributed by atoms with Gasteiger partial charge < -0.3 is 10.1 Å². The molecule has 0 fully saturated rings. The fourth-order valence-electron chi connectivity index (χ4n) is 2.64. The molecule has 0 spiro atoms. The lowest BCUT2D eigenvalue weighted by Gasteiger charge is -2.18. The number of anilines is 1. The molecule has 1 N–H and O–H groups in total. The van der Waals surface area contributed by atoms with Gasteiger partial charge in [-0.05, 0) is 36.8 Å². The van der Waals surface area contributed by atoms with E-state index in [1.165, 1.54) is 5.56 Å². The first kappa shape index (κ1) is 16.2. The highest BCUT2D eigenvalue weighted by Gasteiger charge is 2.13. The van der Waals surface area contributed by atoms with Crippen LogP contribution >= 0.6 is 0 Å². The van der Waals surface area contributed by atoms with Gasteiger partial charge in [0.05, 0.1) is 12.6 Å². The van der Waals surface area contributed by atoms with E-state index in [-0.39, 0.29) is 12.0 Å². The maximum absolute atomic E-state index is 5.23. The average molecular weight is 321 g/mol. The molecule has 0 amide bonds. The van der Waals surface area contributed by atoms with Gasteiger partial charge in [-0.3, -0.25) is 0 Å². The van der Waals surface area contributed by atoms with Crippen molar-refractivity contribution in [2.75, 3.05) is 12.4 Å². The quantitative estimate of drug-likeness (QED) is 0.723. The van der Waals surface area contributed by atoms with Gasteiger partial charge in [-0.1, -0.05) is 38.1 Å². The first-order valence-corrected chi connectivity index (χ1v) is 8.25. The second-order valence-corrected chi connectivity index (χ2v) is 6.24. The molecule has 1 unspecified atom stereocenters. The summed E-state index contributed by atoms with van der Waals surface area (Å²) in [4.78, 5) is 9.42. The van der Waals surface area contributed by atoms with Crippen LogP contribution in [0.25, 0.3) is 10.9 Å². The SMILES string of the molecule is COc1ccc(C(C)Nc2nc(C(C)C)nc3ccccc23)cc1. The lowest BCUT2D eigenvalue weighted by atomic mass is 10.1. The summed E-state index contributed by atoms with van der Waals surface area (Å²) in [6.07, 6.45) is 0. The summed E-state index contributed by atoms with van der Waals surface area (Å²) in [7, 11) is 1.68. The van der Waals surface area contributed by atoms with Crippen molar-refractivity contribution in [3.8, 4) is 5.75 Å². The van der Waals surface area contributed by atoms with Gasteiger partial charge in [0.25, 0.3) is 0 Å². The molecule has 1 aromatic heterocycles. The van der Waals surface area contributed by atoms with Crippen LogP contribution in [0.1, 0.15) is 44.1 Å². The van der Waals surface area contributed by atoms with Crippen molar-refractivity contribution in [2.45, 2.75) is 32.7 Å². The monoisotopic (exact) mass is 321 g/mol. The Morgan fingerprint density at radius 1 is 0.917 bits per heavy atom. The van der Waals surface area contributed by atoms with Gasteiger partial charge >= 0.3 is 0 Å². The number of para-hydroxylation sites is 1. The predicted molar refractivity (Wildman–Crippen MR) is 98.7 cm³/mol. The largest absolute Gasteiger partial charge is 0.497 e. The molecule has 0 saturated heterocycles. The van der Waals surface area contributed by atoms with Crippen LogP contribution in [0.3, 0.4) is 0 Å². The van der Waals surface area contributed by atoms with E-state index in [0.717, 1.165) is 28.3 Å². The van der Waals surface area contributed by atoms with Gasteiger partial charge in [0.2, 0.25) is 0 Å². The summed E-state index contributed by atoms with van der Waals surface area (Å²) >= 11 is 0. The molecule has 0 radical (unpaired) electrons. The third-order valence-corrected chi connectivity index (χ3v) is 4.11. The maximum Gasteiger partial charge on any atom is 0.138 e. The molecule has 1 atom stereocenters. The summed E-state index contributed by atoms with van der Waals surface area (Å²) in [5.41, 5.74) is 2.16. The lowest BCUT2D eigenvalue weighted by molar-refractivity contribution is 0.414. The second-order valence-electron chi connectivity index (χ2n) is 6.24. The van der Waals surface area contributed by atoms with E-state index in [1.807, 2.05) is 30.3 Å². The molecule has 4 nitrogen and oxygen atoms in total. The Hall–Kier alpha value is -2.62. The van der Waals surface area contributed by atoms with Crippen molar-refractivity contribution >= 4 is 16.7 Å². The van der Waals surface area contributed by atoms with Gasteiger partial charge in [-0.15, -0.1) is 0 Å². The third kappa shape index (κ3) is 3.32. The molecule has 3 aromatic rings. The minimum Gasteiger partial charge on any atom is -0.497 e. The molecule has 0 aliphatic rings. The Kier molecular flexibility index (Phi) is 4.65. The van der Waals surface area contributed by atoms with Crippen LogP contribution < -0.4 is 10.1 Å². The van der Waals surface area contributed by atoms with Gasteiger partial charge in [0.15, 0.2) is 0 Å². The number of aromatic nitrogens is 2. The number of hydrogen-bond acceptors (Lipinski definition) is 4. The number of benzene rings is 2. The number of methoxy groups -OCH3 is 1. The van der Waals surface area contributed by atoms with Gasteiger partial charge in [-0.25, -0.2) is 9.97 Å². The topological polar surface area (TPSA) is 47.0 Å². The Labute approximate surface area is 142 Å². The van der Waals surface area contributed by atoms with Crippen LogP contribution in [0, 0.1) is 0 Å². The number of nitrogens with zero attached hydrogens (tertiary/aromatic N) is 2. The Balaban J connectivity index is 1.95. The van der Waals surface area contributed by atoms with Crippen LogP contribution in [0.15, 0.2) is 48.5 Å². The van der Waals surface area contributed by atoms with E-state index < -0.39 is 0 Å². The lowest BCUT2D eigenvalue weighted by Crippen LogP contribution is -2.10. The van der Waals surface area contributed by atoms with Crippen LogP contribution in [-0.4, -0.2) is 17.1 Å². The Morgan fingerprint density at radius 2 is 1.62 bits per heavy atom. The number of hydrogen-bond donors (Lipinski definition) is 1. The number of nitrogens with one attached hydrogen (secondary N) is 1. The van der Waals surface area contributed by atoms with Crippen molar-refractivity contribution in [1.82, 2.24) is 9.97 Å². The molecule has 24 heavy (non-hydrogen) atoms. The van der Waals surface area contributed by atoms with Gasteiger partial charge in [-0.2, -0.15) is 0 Å². The zero-order chi connectivity index (χ0) is 17.1. The van der Waals surface area contributed by atoms with Crippen molar-refractivity contribution in [3.63, 3.8) is 0 Å². The summed E-state index contributed by atoms with van der Waals surface area (Å²) in [6.45, 7) is 6.36. The van der Waals surface area contributed by atoms with Crippen molar-refractivity contribution in [2.24, 2.45) is 0 Å². The smallest absolute Gasteiger partial charge is 0.138 e. The summed E-state index contributed by atoms with van der Waals surface area (Å²) < 4.78 is 5.23. The Bertz CT molecular complexity index is 828. The van der Waals surface area contributed by atoms with E-state index in [0.29, 0.717) is 0 Å². The molecule has 124 valence electrons. The summed E-state index contributed by atoms with van der Waals surface area (Å²) in [5.74, 6) is 2.89.